The summed E-state index contributed by atoms with van der Waals surface area (Å²) >= 11 is 1.57. The summed E-state index contributed by atoms with van der Waals surface area (Å²) in [5.41, 5.74) is 0.199. The first-order chi connectivity index (χ1) is 9.07. The van der Waals surface area contributed by atoms with Gasteiger partial charge in [-0.3, -0.25) is 10.1 Å². The molecule has 1 saturated carbocycles. The third kappa shape index (κ3) is 3.37. The molecule has 2 unspecified atom stereocenters. The first-order valence-electron chi connectivity index (χ1n) is 6.48. The molecule has 0 aliphatic heterocycles. The molecule has 0 bridgehead atoms. The molecule has 0 spiro atoms. The monoisotopic (exact) mass is 278 g/mol. The lowest BCUT2D eigenvalue weighted by Crippen LogP contribution is -2.41. The van der Waals surface area contributed by atoms with Crippen molar-refractivity contribution in [1.29, 1.82) is 5.26 Å². The maximum Gasteiger partial charge on any atom is 0.251 e. The van der Waals surface area contributed by atoms with Gasteiger partial charge < -0.3 is 4.98 Å². The Kier molecular flexibility index (Phi) is 4.27. The lowest BCUT2D eigenvalue weighted by atomic mass is 10.0. The van der Waals surface area contributed by atoms with E-state index < -0.39 is 5.54 Å². The van der Waals surface area contributed by atoms with Crippen LogP contribution >= 0.6 is 11.8 Å². The summed E-state index contributed by atoms with van der Waals surface area (Å²) in [5.74, 6) is 0. The molecule has 5 nitrogen and oxygen atoms in total. The Morgan fingerprint density at radius 1 is 1.74 bits per heavy atom. The van der Waals surface area contributed by atoms with Crippen LogP contribution in [0.1, 0.15) is 31.9 Å². The van der Waals surface area contributed by atoms with Gasteiger partial charge in [-0.05, 0) is 32.7 Å². The number of nitrogens with zero attached hydrogens (tertiary/aromatic N) is 2. The van der Waals surface area contributed by atoms with Gasteiger partial charge in [0, 0.05) is 17.0 Å². The van der Waals surface area contributed by atoms with Gasteiger partial charge in [-0.2, -0.15) is 5.26 Å². The molecule has 102 valence electrons. The van der Waals surface area contributed by atoms with Crippen LogP contribution in [0.2, 0.25) is 0 Å². The van der Waals surface area contributed by atoms with Gasteiger partial charge in [0.25, 0.3) is 5.56 Å². The summed E-state index contributed by atoms with van der Waals surface area (Å²) in [6, 6.07) is 3.88. The normalized spacial score (nSPS) is 26.3. The van der Waals surface area contributed by atoms with E-state index in [1.54, 1.807) is 11.8 Å². The summed E-state index contributed by atoms with van der Waals surface area (Å²) in [6.07, 6.45) is 2.60. The van der Waals surface area contributed by atoms with Crippen LogP contribution in [0.15, 0.2) is 16.0 Å². The standard InChI is InChI=1S/C13H18N4OS/c1-3-15-13(8-14)5-4-10(7-13)19-12-16-9(2)6-11(18)17-12/h6,10,15H,3-5,7H2,1-2H3,(H,16,17,18). The van der Waals surface area contributed by atoms with Crippen molar-refractivity contribution >= 4 is 11.8 Å². The van der Waals surface area contributed by atoms with E-state index in [2.05, 4.69) is 21.4 Å². The largest absolute Gasteiger partial charge is 0.301 e. The highest BCUT2D eigenvalue weighted by atomic mass is 32.2. The van der Waals surface area contributed by atoms with Crippen molar-refractivity contribution in [2.24, 2.45) is 0 Å². The van der Waals surface area contributed by atoms with Crippen molar-refractivity contribution in [3.05, 3.63) is 22.1 Å². The molecule has 0 radical (unpaired) electrons. The van der Waals surface area contributed by atoms with E-state index in [-0.39, 0.29) is 5.56 Å². The van der Waals surface area contributed by atoms with E-state index in [9.17, 15) is 10.1 Å². The average Bonchev–Trinajstić information content (AvgIpc) is 2.72. The second-order valence-electron chi connectivity index (χ2n) is 4.90. The van der Waals surface area contributed by atoms with Gasteiger partial charge in [-0.1, -0.05) is 18.7 Å². The molecule has 6 heteroatoms. The zero-order valence-electron chi connectivity index (χ0n) is 11.2. The summed E-state index contributed by atoms with van der Waals surface area (Å²) < 4.78 is 0. The number of nitrogens with one attached hydrogen (secondary N) is 2. The first-order valence-corrected chi connectivity index (χ1v) is 7.36. The van der Waals surface area contributed by atoms with Crippen molar-refractivity contribution in [1.82, 2.24) is 15.3 Å². The molecular formula is C13H18N4OS. The summed E-state index contributed by atoms with van der Waals surface area (Å²) in [5, 5.41) is 13.6. The van der Waals surface area contributed by atoms with Gasteiger partial charge in [0.05, 0.1) is 6.07 Å². The number of hydrogen-bond acceptors (Lipinski definition) is 5. The summed E-state index contributed by atoms with van der Waals surface area (Å²) in [4.78, 5) is 18.5. The van der Waals surface area contributed by atoms with Crippen LogP contribution in [0.3, 0.4) is 0 Å². The molecule has 1 aromatic rings. The number of aromatic nitrogens is 2. The number of rotatable bonds is 4. The Hall–Kier alpha value is -1.32. The van der Waals surface area contributed by atoms with E-state index in [1.807, 2.05) is 13.8 Å². The molecule has 0 amide bonds. The molecule has 2 N–H and O–H groups in total. The fourth-order valence-electron chi connectivity index (χ4n) is 2.51. The molecule has 2 rings (SSSR count). The Bertz CT molecular complexity index is 550. The highest BCUT2D eigenvalue weighted by Crippen LogP contribution is 2.38. The minimum absolute atomic E-state index is 0.119. The number of hydrogen-bond donors (Lipinski definition) is 2. The van der Waals surface area contributed by atoms with Crippen LogP contribution in [0.25, 0.3) is 0 Å². The topological polar surface area (TPSA) is 81.6 Å². The minimum atomic E-state index is -0.406. The predicted octanol–water partition coefficient (Wildman–Crippen LogP) is 1.59. The summed E-state index contributed by atoms with van der Waals surface area (Å²) in [6.45, 7) is 4.62. The Morgan fingerprint density at radius 2 is 2.53 bits per heavy atom. The van der Waals surface area contributed by atoms with Crippen molar-refractivity contribution < 1.29 is 0 Å². The van der Waals surface area contributed by atoms with E-state index in [0.29, 0.717) is 10.4 Å². The number of aryl methyl sites for hydroxylation is 1. The lowest BCUT2D eigenvalue weighted by Gasteiger charge is -2.21. The van der Waals surface area contributed by atoms with Crippen molar-refractivity contribution in [2.75, 3.05) is 6.54 Å². The molecule has 1 aromatic heterocycles. The van der Waals surface area contributed by atoms with Gasteiger partial charge in [-0.25, -0.2) is 4.98 Å². The third-order valence-corrected chi connectivity index (χ3v) is 4.48. The van der Waals surface area contributed by atoms with Crippen LogP contribution in [0.4, 0.5) is 0 Å². The van der Waals surface area contributed by atoms with E-state index in [0.717, 1.165) is 31.5 Å². The molecule has 1 heterocycles. The van der Waals surface area contributed by atoms with Gasteiger partial charge in [0.2, 0.25) is 0 Å². The second-order valence-corrected chi connectivity index (χ2v) is 6.19. The van der Waals surface area contributed by atoms with Crippen LogP contribution in [0.5, 0.6) is 0 Å². The molecule has 1 aliphatic carbocycles. The zero-order valence-corrected chi connectivity index (χ0v) is 12.0. The minimum Gasteiger partial charge on any atom is -0.301 e. The maximum atomic E-state index is 11.4. The molecule has 1 fully saturated rings. The highest BCUT2D eigenvalue weighted by molar-refractivity contribution is 7.99. The second kappa shape index (κ2) is 5.76. The Labute approximate surface area is 116 Å². The van der Waals surface area contributed by atoms with Crippen LogP contribution < -0.4 is 10.9 Å². The van der Waals surface area contributed by atoms with E-state index >= 15 is 0 Å². The first kappa shape index (κ1) is 14.1. The number of nitriles is 1. The molecule has 0 aromatic carbocycles. The van der Waals surface area contributed by atoms with Gasteiger partial charge in [0.15, 0.2) is 5.16 Å². The zero-order chi connectivity index (χ0) is 13.9. The Morgan fingerprint density at radius 3 is 3.16 bits per heavy atom. The third-order valence-electron chi connectivity index (χ3n) is 3.32. The quantitative estimate of drug-likeness (QED) is 0.817. The smallest absolute Gasteiger partial charge is 0.251 e. The SMILES string of the molecule is CCNC1(C#N)CCC(Sc2nc(C)cc(=O)[nH]2)C1. The fourth-order valence-corrected chi connectivity index (χ4v) is 3.78. The molecule has 0 saturated heterocycles. The summed E-state index contributed by atoms with van der Waals surface area (Å²) in [7, 11) is 0. The van der Waals surface area contributed by atoms with Crippen molar-refractivity contribution in [3.63, 3.8) is 0 Å². The number of thioether (sulfide) groups is 1. The number of aromatic amines is 1. The Balaban J connectivity index is 2.06. The molecule has 2 atom stereocenters. The predicted molar refractivity (Wildman–Crippen MR) is 75.1 cm³/mol. The maximum absolute atomic E-state index is 11.4. The van der Waals surface area contributed by atoms with Crippen LogP contribution in [-0.4, -0.2) is 27.3 Å². The van der Waals surface area contributed by atoms with Gasteiger partial charge >= 0.3 is 0 Å². The molecule has 1 aliphatic rings. The van der Waals surface area contributed by atoms with E-state index in [4.69, 9.17) is 0 Å². The van der Waals surface area contributed by atoms with Gasteiger partial charge in [0.1, 0.15) is 5.54 Å². The molecular weight excluding hydrogens is 260 g/mol. The molecule has 19 heavy (non-hydrogen) atoms. The average molecular weight is 278 g/mol. The van der Waals surface area contributed by atoms with Crippen LogP contribution in [0, 0.1) is 18.3 Å². The van der Waals surface area contributed by atoms with Gasteiger partial charge in [-0.15, -0.1) is 0 Å². The van der Waals surface area contributed by atoms with E-state index in [1.165, 1.54) is 6.07 Å². The van der Waals surface area contributed by atoms with Crippen LogP contribution in [-0.2, 0) is 0 Å². The number of H-pyrrole nitrogens is 1. The highest BCUT2D eigenvalue weighted by Gasteiger charge is 2.39. The fraction of sp³-hybridized carbons (Fsp3) is 0.615. The van der Waals surface area contributed by atoms with Crippen molar-refractivity contribution in [2.45, 2.75) is 49.1 Å². The van der Waals surface area contributed by atoms with Crippen molar-refractivity contribution in [3.8, 4) is 6.07 Å². The lowest BCUT2D eigenvalue weighted by molar-refractivity contribution is 0.436.